The summed E-state index contributed by atoms with van der Waals surface area (Å²) in [6.07, 6.45) is 2.36. The van der Waals surface area contributed by atoms with Gasteiger partial charge in [0.05, 0.1) is 17.7 Å². The zero-order valence-corrected chi connectivity index (χ0v) is 11.9. The summed E-state index contributed by atoms with van der Waals surface area (Å²) in [6.45, 7) is 2.23. The van der Waals surface area contributed by atoms with E-state index in [0.717, 1.165) is 17.7 Å². The second kappa shape index (κ2) is 4.96. The van der Waals surface area contributed by atoms with Gasteiger partial charge < -0.3 is 9.73 Å². The first-order chi connectivity index (χ1) is 9.54. The molecule has 20 heavy (non-hydrogen) atoms. The Morgan fingerprint density at radius 3 is 3.00 bits per heavy atom. The second-order valence-electron chi connectivity index (χ2n) is 4.97. The molecule has 1 aliphatic heterocycles. The van der Waals surface area contributed by atoms with Gasteiger partial charge >= 0.3 is 0 Å². The average Bonchev–Trinajstić information content (AvgIpc) is 3.03. The number of nitrogens with one attached hydrogen (secondary N) is 2. The predicted molar refractivity (Wildman–Crippen MR) is 76.0 cm³/mol. The Morgan fingerprint density at radius 1 is 1.40 bits per heavy atom. The van der Waals surface area contributed by atoms with Crippen LogP contribution in [0.2, 0.25) is 0 Å². The van der Waals surface area contributed by atoms with Crippen LogP contribution >= 0.6 is 0 Å². The van der Waals surface area contributed by atoms with Gasteiger partial charge in [-0.25, -0.2) is 13.1 Å². The lowest BCUT2D eigenvalue weighted by Gasteiger charge is -2.07. The monoisotopic (exact) mass is 292 g/mol. The maximum absolute atomic E-state index is 12.2. The smallest absolute Gasteiger partial charge is 0.240 e. The molecule has 0 unspecified atom stereocenters. The molecule has 0 fully saturated rings. The van der Waals surface area contributed by atoms with Gasteiger partial charge in [0.15, 0.2) is 0 Å². The van der Waals surface area contributed by atoms with E-state index >= 15 is 0 Å². The van der Waals surface area contributed by atoms with Gasteiger partial charge in [0.1, 0.15) is 5.76 Å². The number of hydrogen-bond acceptors (Lipinski definition) is 4. The molecule has 0 bridgehead atoms. The van der Waals surface area contributed by atoms with Crippen molar-refractivity contribution in [1.82, 2.24) is 4.72 Å². The van der Waals surface area contributed by atoms with Crippen LogP contribution in [-0.4, -0.2) is 14.5 Å². The summed E-state index contributed by atoms with van der Waals surface area (Å²) in [6, 6.07) is 8.98. The SMILES string of the molecule is C[C@@H]1Cc2cc(S(=O)(=O)NCc3ccco3)ccc2N1. The van der Waals surface area contributed by atoms with E-state index in [4.69, 9.17) is 4.42 Å². The van der Waals surface area contributed by atoms with Gasteiger partial charge in [-0.15, -0.1) is 0 Å². The molecule has 2 N–H and O–H groups in total. The van der Waals surface area contributed by atoms with Crippen LogP contribution < -0.4 is 10.0 Å². The topological polar surface area (TPSA) is 71.3 Å². The van der Waals surface area contributed by atoms with Crippen LogP contribution in [0.1, 0.15) is 18.2 Å². The third-order valence-corrected chi connectivity index (χ3v) is 4.73. The number of sulfonamides is 1. The zero-order valence-electron chi connectivity index (χ0n) is 11.1. The summed E-state index contributed by atoms with van der Waals surface area (Å²) < 4.78 is 32.1. The second-order valence-corrected chi connectivity index (χ2v) is 6.74. The van der Waals surface area contributed by atoms with Gasteiger partial charge in [-0.3, -0.25) is 0 Å². The highest BCUT2D eigenvalue weighted by atomic mass is 32.2. The summed E-state index contributed by atoms with van der Waals surface area (Å²) in [5.41, 5.74) is 2.06. The Hall–Kier alpha value is -1.79. The molecule has 2 aromatic rings. The van der Waals surface area contributed by atoms with Gasteiger partial charge in [0.2, 0.25) is 10.0 Å². The van der Waals surface area contributed by atoms with E-state index in [9.17, 15) is 8.42 Å². The molecule has 5 nitrogen and oxygen atoms in total. The van der Waals surface area contributed by atoms with Crippen molar-refractivity contribution < 1.29 is 12.8 Å². The predicted octanol–water partition coefficient (Wildman–Crippen LogP) is 2.11. The highest BCUT2D eigenvalue weighted by molar-refractivity contribution is 7.89. The van der Waals surface area contributed by atoms with Crippen molar-refractivity contribution >= 4 is 15.7 Å². The van der Waals surface area contributed by atoms with Gasteiger partial charge in [0, 0.05) is 11.7 Å². The highest BCUT2D eigenvalue weighted by Gasteiger charge is 2.21. The third kappa shape index (κ3) is 2.57. The van der Waals surface area contributed by atoms with E-state index in [1.807, 2.05) is 6.07 Å². The summed E-state index contributed by atoms with van der Waals surface area (Å²) in [4.78, 5) is 0.290. The Morgan fingerprint density at radius 2 is 2.25 bits per heavy atom. The number of fused-ring (bicyclic) bond motifs is 1. The molecule has 106 valence electrons. The molecular formula is C14H16N2O3S. The number of hydrogen-bond donors (Lipinski definition) is 2. The number of furan rings is 1. The standard InChI is InChI=1S/C14H16N2O3S/c1-10-7-11-8-13(4-5-14(11)16-10)20(17,18)15-9-12-3-2-6-19-12/h2-6,8,10,15-16H,7,9H2,1H3/t10-/m1/s1. The number of anilines is 1. The van der Waals surface area contributed by atoms with Crippen LogP contribution in [0.5, 0.6) is 0 Å². The van der Waals surface area contributed by atoms with E-state index in [1.165, 1.54) is 6.26 Å². The van der Waals surface area contributed by atoms with Crippen molar-refractivity contribution in [2.75, 3.05) is 5.32 Å². The van der Waals surface area contributed by atoms with Crippen LogP contribution in [0, 0.1) is 0 Å². The molecule has 1 aromatic heterocycles. The van der Waals surface area contributed by atoms with Gasteiger partial charge in [-0.2, -0.15) is 0 Å². The molecule has 0 aliphatic carbocycles. The minimum Gasteiger partial charge on any atom is -0.468 e. The first kappa shape index (κ1) is 13.2. The molecule has 0 radical (unpaired) electrons. The molecular weight excluding hydrogens is 276 g/mol. The van der Waals surface area contributed by atoms with Crippen LogP contribution in [-0.2, 0) is 23.0 Å². The Labute approximate surface area is 118 Å². The number of rotatable bonds is 4. The molecule has 2 heterocycles. The maximum atomic E-state index is 12.2. The molecule has 1 aliphatic rings. The number of benzene rings is 1. The fourth-order valence-corrected chi connectivity index (χ4v) is 3.40. The Balaban J connectivity index is 1.79. The van der Waals surface area contributed by atoms with Crippen LogP contribution in [0.15, 0.2) is 45.9 Å². The molecule has 3 rings (SSSR count). The summed E-state index contributed by atoms with van der Waals surface area (Å²) in [7, 11) is -3.51. The molecule has 1 aromatic carbocycles. The van der Waals surface area contributed by atoms with Crippen molar-refractivity contribution in [3.63, 3.8) is 0 Å². The fourth-order valence-electron chi connectivity index (χ4n) is 2.36. The fraction of sp³-hybridized carbons (Fsp3) is 0.286. The van der Waals surface area contributed by atoms with Crippen LogP contribution in [0.4, 0.5) is 5.69 Å². The molecule has 6 heteroatoms. The third-order valence-electron chi connectivity index (χ3n) is 3.33. The van der Waals surface area contributed by atoms with E-state index in [-0.39, 0.29) is 6.54 Å². The van der Waals surface area contributed by atoms with Crippen molar-refractivity contribution in [1.29, 1.82) is 0 Å². The molecule has 1 atom stereocenters. The highest BCUT2D eigenvalue weighted by Crippen LogP contribution is 2.28. The molecule has 0 saturated carbocycles. The summed E-state index contributed by atoms with van der Waals surface area (Å²) in [5.74, 6) is 0.588. The first-order valence-electron chi connectivity index (χ1n) is 6.46. The van der Waals surface area contributed by atoms with E-state index < -0.39 is 10.0 Å². The van der Waals surface area contributed by atoms with E-state index in [2.05, 4.69) is 17.0 Å². The van der Waals surface area contributed by atoms with Crippen molar-refractivity contribution in [2.45, 2.75) is 30.8 Å². The lowest BCUT2D eigenvalue weighted by atomic mass is 10.1. The Bertz CT molecular complexity index is 708. The van der Waals surface area contributed by atoms with Crippen molar-refractivity contribution in [2.24, 2.45) is 0 Å². The van der Waals surface area contributed by atoms with Crippen LogP contribution in [0.25, 0.3) is 0 Å². The maximum Gasteiger partial charge on any atom is 0.240 e. The Kier molecular flexibility index (Phi) is 3.27. The van der Waals surface area contributed by atoms with Gasteiger partial charge in [-0.05, 0) is 49.2 Å². The summed E-state index contributed by atoms with van der Waals surface area (Å²) in [5, 5.41) is 3.30. The molecule has 0 saturated heterocycles. The zero-order chi connectivity index (χ0) is 14.2. The minimum absolute atomic E-state index is 0.154. The van der Waals surface area contributed by atoms with Crippen molar-refractivity contribution in [3.05, 3.63) is 47.9 Å². The van der Waals surface area contributed by atoms with E-state index in [1.54, 1.807) is 24.3 Å². The summed E-state index contributed by atoms with van der Waals surface area (Å²) >= 11 is 0. The molecule has 0 amide bonds. The minimum atomic E-state index is -3.51. The quantitative estimate of drug-likeness (QED) is 0.905. The van der Waals surface area contributed by atoms with Crippen LogP contribution in [0.3, 0.4) is 0 Å². The van der Waals surface area contributed by atoms with Gasteiger partial charge in [0.25, 0.3) is 0 Å². The van der Waals surface area contributed by atoms with Gasteiger partial charge in [-0.1, -0.05) is 0 Å². The van der Waals surface area contributed by atoms with Crippen molar-refractivity contribution in [3.8, 4) is 0 Å². The average molecular weight is 292 g/mol. The lowest BCUT2D eigenvalue weighted by Crippen LogP contribution is -2.23. The molecule has 0 spiro atoms. The first-order valence-corrected chi connectivity index (χ1v) is 7.94. The normalized spacial score (nSPS) is 17.8. The largest absolute Gasteiger partial charge is 0.468 e. The van der Waals surface area contributed by atoms with E-state index in [0.29, 0.717) is 16.7 Å². The lowest BCUT2D eigenvalue weighted by molar-refractivity contribution is 0.498.